The lowest BCUT2D eigenvalue weighted by Gasteiger charge is -2.31. The van der Waals surface area contributed by atoms with Crippen LogP contribution in [0.2, 0.25) is 5.02 Å². The van der Waals surface area contributed by atoms with Gasteiger partial charge < -0.3 is 10.2 Å². The van der Waals surface area contributed by atoms with Gasteiger partial charge in [0.05, 0.1) is 5.02 Å². The van der Waals surface area contributed by atoms with Crippen LogP contribution in [-0.4, -0.2) is 36.5 Å². The summed E-state index contributed by atoms with van der Waals surface area (Å²) < 4.78 is 13.6. The molecule has 1 aromatic rings. The maximum Gasteiger partial charge on any atom is 0.244 e. The second-order valence-electron chi connectivity index (χ2n) is 5.59. The van der Waals surface area contributed by atoms with Crippen molar-refractivity contribution in [3.8, 4) is 0 Å². The molecule has 1 amide bonds. The van der Waals surface area contributed by atoms with Crippen molar-refractivity contribution in [3.05, 3.63) is 40.7 Å². The van der Waals surface area contributed by atoms with Crippen LogP contribution < -0.4 is 5.32 Å². The zero-order valence-electron chi connectivity index (χ0n) is 12.8. The number of carbonyl (C=O) groups is 1. The van der Waals surface area contributed by atoms with E-state index in [9.17, 15) is 9.18 Å². The van der Waals surface area contributed by atoms with Crippen molar-refractivity contribution < 1.29 is 9.18 Å². The Hall–Kier alpha value is -1.39. The van der Waals surface area contributed by atoms with E-state index >= 15 is 0 Å². The van der Waals surface area contributed by atoms with Crippen LogP contribution in [0.4, 0.5) is 4.39 Å². The number of rotatable bonds is 5. The molecule has 22 heavy (non-hydrogen) atoms. The van der Waals surface area contributed by atoms with Gasteiger partial charge in [-0.2, -0.15) is 0 Å². The number of hydrogen-bond donors (Lipinski definition) is 1. The molecule has 1 fully saturated rings. The van der Waals surface area contributed by atoms with Crippen molar-refractivity contribution in [2.45, 2.75) is 32.2 Å². The van der Waals surface area contributed by atoms with E-state index in [0.717, 1.165) is 38.9 Å². The molecule has 1 aromatic carbocycles. The Labute approximate surface area is 136 Å². The third-order valence-electron chi connectivity index (χ3n) is 3.87. The lowest BCUT2D eigenvalue weighted by molar-refractivity contribution is -0.117. The first kappa shape index (κ1) is 17.0. The number of benzene rings is 1. The number of hydrogen-bond acceptors (Lipinski definition) is 2. The average Bonchev–Trinajstić information content (AvgIpc) is 2.49. The Morgan fingerprint density at radius 1 is 1.45 bits per heavy atom. The highest BCUT2D eigenvalue weighted by Crippen LogP contribution is 2.20. The van der Waals surface area contributed by atoms with Crippen LogP contribution in [0.3, 0.4) is 0 Å². The molecule has 1 saturated heterocycles. The van der Waals surface area contributed by atoms with Crippen molar-refractivity contribution in [1.82, 2.24) is 10.2 Å². The highest BCUT2D eigenvalue weighted by atomic mass is 35.5. The molecule has 0 unspecified atom stereocenters. The van der Waals surface area contributed by atoms with Crippen molar-refractivity contribution in [1.29, 1.82) is 0 Å². The third kappa shape index (κ3) is 4.82. The first-order valence-electron chi connectivity index (χ1n) is 7.75. The summed E-state index contributed by atoms with van der Waals surface area (Å²) in [5.41, 5.74) is 0.247. The van der Waals surface area contributed by atoms with Crippen LogP contribution in [0.1, 0.15) is 31.7 Å². The molecule has 120 valence electrons. The lowest BCUT2D eigenvalue weighted by atomic mass is 10.0. The summed E-state index contributed by atoms with van der Waals surface area (Å²) in [6.07, 6.45) is 5.85. The SMILES string of the molecule is CCCN1CCC(NC(=O)/C=C/c2c(F)cccc2Cl)CC1. The molecule has 0 spiro atoms. The van der Waals surface area contributed by atoms with Crippen LogP contribution >= 0.6 is 11.6 Å². The van der Waals surface area contributed by atoms with Crippen LogP contribution in [-0.2, 0) is 4.79 Å². The number of nitrogens with one attached hydrogen (secondary N) is 1. The summed E-state index contributed by atoms with van der Waals surface area (Å²) in [5, 5.41) is 3.28. The molecule has 1 aliphatic rings. The summed E-state index contributed by atoms with van der Waals surface area (Å²) in [7, 11) is 0. The number of likely N-dealkylation sites (tertiary alicyclic amines) is 1. The number of piperidine rings is 1. The van der Waals surface area contributed by atoms with Gasteiger partial charge in [0, 0.05) is 30.8 Å². The van der Waals surface area contributed by atoms with Gasteiger partial charge in [-0.25, -0.2) is 4.39 Å². The fraction of sp³-hybridized carbons (Fsp3) is 0.471. The minimum atomic E-state index is -0.426. The van der Waals surface area contributed by atoms with Crippen LogP contribution in [0.5, 0.6) is 0 Å². The third-order valence-corrected chi connectivity index (χ3v) is 4.20. The lowest BCUT2D eigenvalue weighted by Crippen LogP contribution is -2.44. The predicted molar refractivity (Wildman–Crippen MR) is 88.3 cm³/mol. The zero-order chi connectivity index (χ0) is 15.9. The van der Waals surface area contributed by atoms with Gasteiger partial charge in [-0.1, -0.05) is 24.6 Å². The highest BCUT2D eigenvalue weighted by Gasteiger charge is 2.19. The number of nitrogens with zero attached hydrogens (tertiary/aromatic N) is 1. The molecule has 1 N–H and O–H groups in total. The van der Waals surface area contributed by atoms with Gasteiger partial charge in [-0.15, -0.1) is 0 Å². The van der Waals surface area contributed by atoms with E-state index in [4.69, 9.17) is 11.6 Å². The highest BCUT2D eigenvalue weighted by molar-refractivity contribution is 6.32. The smallest absolute Gasteiger partial charge is 0.244 e. The normalized spacial score (nSPS) is 17.0. The van der Waals surface area contributed by atoms with E-state index in [1.54, 1.807) is 12.1 Å². The van der Waals surface area contributed by atoms with Crippen LogP contribution in [0.25, 0.3) is 6.08 Å². The van der Waals surface area contributed by atoms with E-state index in [1.165, 1.54) is 18.2 Å². The molecule has 0 saturated carbocycles. The molecule has 2 rings (SSSR count). The zero-order valence-corrected chi connectivity index (χ0v) is 13.6. The number of carbonyl (C=O) groups excluding carboxylic acids is 1. The summed E-state index contributed by atoms with van der Waals surface area (Å²) in [4.78, 5) is 14.4. The Bertz CT molecular complexity index is 519. The van der Waals surface area contributed by atoms with E-state index in [2.05, 4.69) is 17.1 Å². The second kappa shape index (κ2) is 8.30. The van der Waals surface area contributed by atoms with Crippen LogP contribution in [0, 0.1) is 5.82 Å². The molecule has 1 heterocycles. The standard InChI is InChI=1S/C17H22ClFN2O/c1-2-10-21-11-8-13(9-12-21)20-17(22)7-6-14-15(18)4-3-5-16(14)19/h3-7,13H,2,8-12H2,1H3,(H,20,22)/b7-6+. The van der Waals surface area contributed by atoms with Gasteiger partial charge in [0.2, 0.25) is 5.91 Å². The van der Waals surface area contributed by atoms with E-state index in [0.29, 0.717) is 5.02 Å². The van der Waals surface area contributed by atoms with Crippen molar-refractivity contribution in [3.63, 3.8) is 0 Å². The Balaban J connectivity index is 1.85. The maximum atomic E-state index is 13.6. The number of halogens is 2. The van der Waals surface area contributed by atoms with Gasteiger partial charge in [-0.05, 0) is 44.0 Å². The predicted octanol–water partition coefficient (Wildman–Crippen LogP) is 3.48. The summed E-state index contributed by atoms with van der Waals surface area (Å²) in [6.45, 7) is 5.32. The maximum absolute atomic E-state index is 13.6. The summed E-state index contributed by atoms with van der Waals surface area (Å²) >= 11 is 5.92. The largest absolute Gasteiger partial charge is 0.350 e. The molecule has 0 aliphatic carbocycles. The minimum Gasteiger partial charge on any atom is -0.350 e. The molecule has 0 radical (unpaired) electrons. The molecule has 0 bridgehead atoms. The fourth-order valence-electron chi connectivity index (χ4n) is 2.70. The van der Waals surface area contributed by atoms with Crippen molar-refractivity contribution in [2.75, 3.05) is 19.6 Å². The van der Waals surface area contributed by atoms with Gasteiger partial charge in [0.25, 0.3) is 0 Å². The van der Waals surface area contributed by atoms with Gasteiger partial charge in [0.15, 0.2) is 0 Å². The average molecular weight is 325 g/mol. The molecular weight excluding hydrogens is 303 g/mol. The van der Waals surface area contributed by atoms with Crippen molar-refractivity contribution in [2.24, 2.45) is 0 Å². The monoisotopic (exact) mass is 324 g/mol. The first-order chi connectivity index (χ1) is 10.6. The molecule has 5 heteroatoms. The van der Waals surface area contributed by atoms with Gasteiger partial charge in [-0.3, -0.25) is 4.79 Å². The van der Waals surface area contributed by atoms with Gasteiger partial charge >= 0.3 is 0 Å². The Kier molecular flexibility index (Phi) is 6.40. The fourth-order valence-corrected chi connectivity index (χ4v) is 2.92. The Morgan fingerprint density at radius 3 is 2.82 bits per heavy atom. The van der Waals surface area contributed by atoms with Gasteiger partial charge in [0.1, 0.15) is 5.82 Å². The molecule has 1 aliphatic heterocycles. The molecule has 0 atom stereocenters. The van der Waals surface area contributed by atoms with E-state index in [1.807, 2.05) is 0 Å². The molecule has 0 aromatic heterocycles. The summed E-state index contributed by atoms with van der Waals surface area (Å²) in [5.74, 6) is -0.627. The first-order valence-corrected chi connectivity index (χ1v) is 8.13. The van der Waals surface area contributed by atoms with Crippen molar-refractivity contribution >= 4 is 23.6 Å². The Morgan fingerprint density at radius 2 is 2.18 bits per heavy atom. The second-order valence-corrected chi connectivity index (χ2v) is 6.00. The molecular formula is C17H22ClFN2O. The van der Waals surface area contributed by atoms with Crippen LogP contribution in [0.15, 0.2) is 24.3 Å². The van der Waals surface area contributed by atoms with E-state index in [-0.39, 0.29) is 17.5 Å². The quantitative estimate of drug-likeness (QED) is 0.841. The van der Waals surface area contributed by atoms with E-state index < -0.39 is 5.82 Å². The molecule has 3 nitrogen and oxygen atoms in total. The topological polar surface area (TPSA) is 32.3 Å². The summed E-state index contributed by atoms with van der Waals surface area (Å²) in [6, 6.07) is 4.67. The number of amides is 1. The minimum absolute atomic E-state index is 0.196.